The molecule has 0 unspecified atom stereocenters. The molecule has 0 atom stereocenters. The van der Waals surface area contributed by atoms with Crippen LogP contribution in [0.2, 0.25) is 0 Å². The van der Waals surface area contributed by atoms with E-state index in [1.165, 1.54) is 0 Å². The van der Waals surface area contributed by atoms with Gasteiger partial charge in [0.05, 0.1) is 16.9 Å². The van der Waals surface area contributed by atoms with Crippen molar-refractivity contribution in [2.75, 3.05) is 19.0 Å². The van der Waals surface area contributed by atoms with Gasteiger partial charge in [-0.05, 0) is 55.0 Å². The van der Waals surface area contributed by atoms with Crippen LogP contribution in [-0.2, 0) is 0 Å². The molecule has 3 aromatic rings. The van der Waals surface area contributed by atoms with Crippen LogP contribution in [0.5, 0.6) is 0 Å². The Kier molecular flexibility index (Phi) is 3.83. The molecule has 4 heteroatoms. The van der Waals surface area contributed by atoms with Crippen LogP contribution >= 0.6 is 0 Å². The fraction of sp³-hybridized carbons (Fsp3) is 0.167. The normalized spacial score (nSPS) is 11.2. The van der Waals surface area contributed by atoms with E-state index in [1.807, 2.05) is 63.5 Å². The Morgan fingerprint density at radius 1 is 0.955 bits per heavy atom. The summed E-state index contributed by atoms with van der Waals surface area (Å²) in [6.07, 6.45) is 1.79. The Bertz CT molecular complexity index is 837. The summed E-state index contributed by atoms with van der Waals surface area (Å²) in [5.74, 6) is 0. The molecular formula is C18H18N4. The number of benzene rings is 2. The largest absolute Gasteiger partial charge is 0.378 e. The van der Waals surface area contributed by atoms with Crippen LogP contribution in [-0.4, -0.2) is 19.1 Å². The lowest BCUT2D eigenvalue weighted by Crippen LogP contribution is -2.08. The topological polar surface area (TPSA) is 40.9 Å². The molecule has 0 radical (unpaired) electrons. The lowest BCUT2D eigenvalue weighted by atomic mass is 10.2. The maximum Gasteiger partial charge on any atom is 0.0887 e. The minimum atomic E-state index is 0.830. The van der Waals surface area contributed by atoms with Crippen LogP contribution in [0.15, 0.2) is 65.0 Å². The molecule has 3 rings (SSSR count). The van der Waals surface area contributed by atoms with Crippen LogP contribution in [0.1, 0.15) is 5.56 Å². The first-order chi connectivity index (χ1) is 10.6. The van der Waals surface area contributed by atoms with Gasteiger partial charge in [-0.2, -0.15) is 10.2 Å². The van der Waals surface area contributed by atoms with Crippen molar-refractivity contribution in [3.05, 3.63) is 60.3 Å². The zero-order valence-corrected chi connectivity index (χ0v) is 13.0. The van der Waals surface area contributed by atoms with Crippen molar-refractivity contribution in [1.29, 1.82) is 0 Å². The average molecular weight is 290 g/mol. The molecule has 0 amide bonds. The maximum absolute atomic E-state index is 4.37. The molecule has 1 heterocycles. The highest BCUT2D eigenvalue weighted by Crippen LogP contribution is 2.26. The summed E-state index contributed by atoms with van der Waals surface area (Å²) in [4.78, 5) is 6.38. The van der Waals surface area contributed by atoms with Gasteiger partial charge >= 0.3 is 0 Å². The van der Waals surface area contributed by atoms with Crippen molar-refractivity contribution in [3.8, 4) is 0 Å². The third kappa shape index (κ3) is 2.96. The summed E-state index contributed by atoms with van der Waals surface area (Å²) in [7, 11) is 4.05. The van der Waals surface area contributed by atoms with E-state index in [9.17, 15) is 0 Å². The van der Waals surface area contributed by atoms with Crippen LogP contribution in [0.4, 0.5) is 17.1 Å². The third-order valence-corrected chi connectivity index (χ3v) is 3.56. The van der Waals surface area contributed by atoms with Crippen LogP contribution in [0.25, 0.3) is 10.9 Å². The first-order valence-electron chi connectivity index (χ1n) is 7.18. The number of rotatable bonds is 3. The molecule has 0 N–H and O–H groups in total. The number of fused-ring (bicyclic) bond motifs is 1. The second-order valence-electron chi connectivity index (χ2n) is 5.45. The molecule has 0 fully saturated rings. The molecule has 0 aliphatic rings. The van der Waals surface area contributed by atoms with E-state index in [4.69, 9.17) is 0 Å². The molecule has 0 spiro atoms. The summed E-state index contributed by atoms with van der Waals surface area (Å²) < 4.78 is 0. The van der Waals surface area contributed by atoms with Gasteiger partial charge in [-0.3, -0.25) is 4.98 Å². The molecule has 0 aliphatic carbocycles. The van der Waals surface area contributed by atoms with Crippen LogP contribution < -0.4 is 4.90 Å². The van der Waals surface area contributed by atoms with E-state index in [-0.39, 0.29) is 0 Å². The SMILES string of the molecule is Cc1cc(N(C)C)ccc1/N=N/c1ccc2ncccc2c1. The summed E-state index contributed by atoms with van der Waals surface area (Å²) in [5, 5.41) is 9.78. The van der Waals surface area contributed by atoms with Gasteiger partial charge in [0.25, 0.3) is 0 Å². The van der Waals surface area contributed by atoms with Gasteiger partial charge in [0.1, 0.15) is 0 Å². The molecule has 110 valence electrons. The average Bonchev–Trinajstić information content (AvgIpc) is 2.53. The van der Waals surface area contributed by atoms with Gasteiger partial charge in [-0.25, -0.2) is 0 Å². The fourth-order valence-electron chi connectivity index (χ4n) is 2.27. The molecular weight excluding hydrogens is 272 g/mol. The minimum Gasteiger partial charge on any atom is -0.378 e. The number of hydrogen-bond donors (Lipinski definition) is 0. The van der Waals surface area contributed by atoms with E-state index >= 15 is 0 Å². The van der Waals surface area contributed by atoms with Gasteiger partial charge in [0.2, 0.25) is 0 Å². The first kappa shape index (κ1) is 14.2. The van der Waals surface area contributed by atoms with E-state index in [0.717, 1.165) is 33.5 Å². The molecule has 1 aromatic heterocycles. The lowest BCUT2D eigenvalue weighted by molar-refractivity contribution is 1.12. The van der Waals surface area contributed by atoms with E-state index in [1.54, 1.807) is 6.20 Å². The monoisotopic (exact) mass is 290 g/mol. The predicted molar refractivity (Wildman–Crippen MR) is 91.4 cm³/mol. The number of nitrogens with zero attached hydrogens (tertiary/aromatic N) is 4. The standard InChI is InChI=1S/C18H18N4/c1-13-11-16(22(2)3)7-9-17(13)21-20-15-6-8-18-14(12-15)5-4-10-19-18/h4-12H,1-3H3/b21-20+. The highest BCUT2D eigenvalue weighted by molar-refractivity contribution is 5.81. The van der Waals surface area contributed by atoms with Gasteiger partial charge in [-0.1, -0.05) is 6.07 Å². The summed E-state index contributed by atoms with van der Waals surface area (Å²) in [6.45, 7) is 2.05. The predicted octanol–water partition coefficient (Wildman–Crippen LogP) is 5.02. The zero-order chi connectivity index (χ0) is 15.5. The highest BCUT2D eigenvalue weighted by atomic mass is 15.1. The van der Waals surface area contributed by atoms with Gasteiger partial charge in [0.15, 0.2) is 0 Å². The van der Waals surface area contributed by atoms with Crippen molar-refractivity contribution >= 4 is 28.0 Å². The summed E-state index contributed by atoms with van der Waals surface area (Å²) >= 11 is 0. The van der Waals surface area contributed by atoms with E-state index < -0.39 is 0 Å². The molecule has 2 aromatic carbocycles. The number of pyridine rings is 1. The number of anilines is 1. The third-order valence-electron chi connectivity index (χ3n) is 3.56. The van der Waals surface area contributed by atoms with E-state index in [0.29, 0.717) is 0 Å². The second-order valence-corrected chi connectivity index (χ2v) is 5.45. The number of aromatic nitrogens is 1. The van der Waals surface area contributed by atoms with Gasteiger partial charge in [-0.15, -0.1) is 0 Å². The molecule has 0 bridgehead atoms. The first-order valence-corrected chi connectivity index (χ1v) is 7.18. The molecule has 0 saturated heterocycles. The highest BCUT2D eigenvalue weighted by Gasteiger charge is 2.01. The van der Waals surface area contributed by atoms with Crippen molar-refractivity contribution in [2.45, 2.75) is 6.92 Å². The smallest absolute Gasteiger partial charge is 0.0887 e. The molecule has 0 aliphatic heterocycles. The molecule has 22 heavy (non-hydrogen) atoms. The fourth-order valence-corrected chi connectivity index (χ4v) is 2.27. The van der Waals surface area contributed by atoms with Gasteiger partial charge in [0, 0.05) is 31.4 Å². The second kappa shape index (κ2) is 5.93. The molecule has 4 nitrogen and oxygen atoms in total. The Morgan fingerprint density at radius 3 is 2.59 bits per heavy atom. The minimum absolute atomic E-state index is 0.830. The summed E-state index contributed by atoms with van der Waals surface area (Å²) in [6, 6.07) is 16.0. The van der Waals surface area contributed by atoms with Crippen molar-refractivity contribution in [2.24, 2.45) is 10.2 Å². The number of aryl methyl sites for hydroxylation is 1. The Hall–Kier alpha value is -2.75. The van der Waals surface area contributed by atoms with E-state index in [2.05, 4.69) is 26.2 Å². The Balaban J connectivity index is 1.89. The number of hydrogen-bond acceptors (Lipinski definition) is 4. The van der Waals surface area contributed by atoms with Crippen LogP contribution in [0.3, 0.4) is 0 Å². The Labute approximate surface area is 130 Å². The Morgan fingerprint density at radius 2 is 1.82 bits per heavy atom. The van der Waals surface area contributed by atoms with Crippen molar-refractivity contribution < 1.29 is 0 Å². The lowest BCUT2D eigenvalue weighted by Gasteiger charge is -2.13. The summed E-state index contributed by atoms with van der Waals surface area (Å²) in [5.41, 5.74) is 4.95. The van der Waals surface area contributed by atoms with Crippen molar-refractivity contribution in [1.82, 2.24) is 4.98 Å². The quantitative estimate of drug-likeness (QED) is 0.635. The number of azo groups is 1. The maximum atomic E-state index is 4.37. The zero-order valence-electron chi connectivity index (χ0n) is 13.0. The van der Waals surface area contributed by atoms with Gasteiger partial charge < -0.3 is 4.90 Å². The molecule has 0 saturated carbocycles. The van der Waals surface area contributed by atoms with Crippen LogP contribution in [0, 0.1) is 6.92 Å². The van der Waals surface area contributed by atoms with Crippen molar-refractivity contribution in [3.63, 3.8) is 0 Å².